The van der Waals surface area contributed by atoms with E-state index in [1.165, 1.54) is 11.1 Å². The van der Waals surface area contributed by atoms with Crippen LogP contribution in [0.2, 0.25) is 0 Å². The van der Waals surface area contributed by atoms with Crippen LogP contribution < -0.4 is 5.32 Å². The van der Waals surface area contributed by atoms with Crippen LogP contribution in [0, 0.1) is 20.8 Å². The predicted molar refractivity (Wildman–Crippen MR) is 85.4 cm³/mol. The summed E-state index contributed by atoms with van der Waals surface area (Å²) in [6, 6.07) is 4.48. The third-order valence-corrected chi connectivity index (χ3v) is 4.07. The zero-order valence-electron chi connectivity index (χ0n) is 12.7. The highest BCUT2D eigenvalue weighted by Gasteiger charge is 2.18. The normalized spacial score (nSPS) is 12.7. The van der Waals surface area contributed by atoms with E-state index in [2.05, 4.69) is 78.3 Å². The third-order valence-electron chi connectivity index (χ3n) is 3.46. The molecule has 0 aliphatic rings. The molecule has 1 N–H and O–H groups in total. The Bertz CT molecular complexity index is 595. The highest BCUT2D eigenvalue weighted by molar-refractivity contribution is 9.10. The van der Waals surface area contributed by atoms with Crippen LogP contribution in [-0.4, -0.2) is 21.5 Å². The maximum atomic E-state index is 4.34. The van der Waals surface area contributed by atoms with Gasteiger partial charge in [0.25, 0.3) is 0 Å². The van der Waals surface area contributed by atoms with E-state index in [0.29, 0.717) is 0 Å². The van der Waals surface area contributed by atoms with Crippen molar-refractivity contribution in [3.8, 4) is 5.69 Å². The number of hydrogen-bond donors (Lipinski definition) is 1. The largest absolute Gasteiger partial charge is 0.309 e. The summed E-state index contributed by atoms with van der Waals surface area (Å²) in [5.41, 5.74) is 5.56. The monoisotopic (exact) mass is 336 g/mol. The van der Waals surface area contributed by atoms with Crippen LogP contribution in [0.3, 0.4) is 0 Å². The van der Waals surface area contributed by atoms with E-state index in [1.807, 2.05) is 4.68 Å². The van der Waals surface area contributed by atoms with Gasteiger partial charge >= 0.3 is 0 Å². The molecule has 0 amide bonds. The van der Waals surface area contributed by atoms with Crippen molar-refractivity contribution >= 4 is 15.9 Å². The Morgan fingerprint density at radius 1 is 1.30 bits per heavy atom. The van der Waals surface area contributed by atoms with Gasteiger partial charge in [-0.1, -0.05) is 18.2 Å². The van der Waals surface area contributed by atoms with Gasteiger partial charge < -0.3 is 5.32 Å². The standard InChI is InChI=1S/C15H21BrN4/c1-6-17-11(4)14-12(5)20(19-18-14)15-10(3)7-9(2)8-13(15)16/h7-8,11,17H,6H2,1-5H3. The summed E-state index contributed by atoms with van der Waals surface area (Å²) in [6.45, 7) is 11.4. The summed E-state index contributed by atoms with van der Waals surface area (Å²) in [7, 11) is 0. The lowest BCUT2D eigenvalue weighted by atomic mass is 10.1. The van der Waals surface area contributed by atoms with Gasteiger partial charge in [-0.2, -0.15) is 0 Å². The molecule has 0 fully saturated rings. The number of hydrogen-bond acceptors (Lipinski definition) is 3. The first-order valence-corrected chi connectivity index (χ1v) is 7.67. The SMILES string of the molecule is CCNC(C)c1nnn(-c2c(C)cc(C)cc2Br)c1C. The number of halogens is 1. The van der Waals surface area contributed by atoms with E-state index in [4.69, 9.17) is 0 Å². The molecular formula is C15H21BrN4. The van der Waals surface area contributed by atoms with Gasteiger partial charge in [0.15, 0.2) is 0 Å². The Kier molecular flexibility index (Phi) is 4.60. The number of benzene rings is 1. The minimum atomic E-state index is 0.207. The van der Waals surface area contributed by atoms with Crippen molar-refractivity contribution in [2.24, 2.45) is 0 Å². The zero-order chi connectivity index (χ0) is 14.9. The summed E-state index contributed by atoms with van der Waals surface area (Å²) in [4.78, 5) is 0. The van der Waals surface area contributed by atoms with E-state index in [0.717, 1.165) is 28.1 Å². The van der Waals surface area contributed by atoms with E-state index in [-0.39, 0.29) is 6.04 Å². The van der Waals surface area contributed by atoms with Crippen molar-refractivity contribution in [1.82, 2.24) is 20.3 Å². The van der Waals surface area contributed by atoms with Crippen LogP contribution in [0.4, 0.5) is 0 Å². The van der Waals surface area contributed by atoms with Crippen molar-refractivity contribution in [2.45, 2.75) is 40.7 Å². The lowest BCUT2D eigenvalue weighted by Crippen LogP contribution is -2.19. The van der Waals surface area contributed by atoms with Crippen molar-refractivity contribution in [1.29, 1.82) is 0 Å². The lowest BCUT2D eigenvalue weighted by Gasteiger charge is -2.13. The molecule has 20 heavy (non-hydrogen) atoms. The molecule has 5 heteroatoms. The van der Waals surface area contributed by atoms with Gasteiger partial charge in [-0.05, 0) is 67.4 Å². The number of aromatic nitrogens is 3. The Morgan fingerprint density at radius 2 is 2.00 bits per heavy atom. The van der Waals surface area contributed by atoms with Gasteiger partial charge in [-0.25, -0.2) is 4.68 Å². The molecule has 108 valence electrons. The summed E-state index contributed by atoms with van der Waals surface area (Å²) >= 11 is 3.64. The second kappa shape index (κ2) is 6.06. The smallest absolute Gasteiger partial charge is 0.103 e. The molecule has 1 aromatic heterocycles. The van der Waals surface area contributed by atoms with Crippen LogP contribution in [-0.2, 0) is 0 Å². The summed E-state index contributed by atoms with van der Waals surface area (Å²) in [6.07, 6.45) is 0. The Balaban J connectivity index is 2.50. The molecule has 0 bridgehead atoms. The molecule has 1 unspecified atom stereocenters. The predicted octanol–water partition coefficient (Wildman–Crippen LogP) is 3.63. The first-order valence-electron chi connectivity index (χ1n) is 6.88. The number of rotatable bonds is 4. The number of nitrogens with zero attached hydrogens (tertiary/aromatic N) is 3. The van der Waals surface area contributed by atoms with E-state index in [1.54, 1.807) is 0 Å². The van der Waals surface area contributed by atoms with E-state index < -0.39 is 0 Å². The topological polar surface area (TPSA) is 42.7 Å². The Hall–Kier alpha value is -1.20. The Morgan fingerprint density at radius 3 is 2.60 bits per heavy atom. The lowest BCUT2D eigenvalue weighted by molar-refractivity contribution is 0.579. The van der Waals surface area contributed by atoms with Crippen LogP contribution in [0.25, 0.3) is 5.69 Å². The van der Waals surface area contributed by atoms with Crippen molar-refractivity contribution in [3.63, 3.8) is 0 Å². The van der Waals surface area contributed by atoms with Crippen molar-refractivity contribution in [3.05, 3.63) is 39.1 Å². The van der Waals surface area contributed by atoms with Gasteiger partial charge in [0.05, 0.1) is 17.4 Å². The summed E-state index contributed by atoms with van der Waals surface area (Å²) in [5.74, 6) is 0. The van der Waals surface area contributed by atoms with Crippen molar-refractivity contribution in [2.75, 3.05) is 6.54 Å². The molecule has 1 aromatic carbocycles. The van der Waals surface area contributed by atoms with Crippen LogP contribution in [0.15, 0.2) is 16.6 Å². The molecule has 1 heterocycles. The first-order chi connectivity index (χ1) is 9.45. The van der Waals surface area contributed by atoms with Crippen LogP contribution >= 0.6 is 15.9 Å². The number of nitrogens with one attached hydrogen (secondary N) is 1. The molecule has 0 saturated carbocycles. The number of aryl methyl sites for hydroxylation is 2. The maximum Gasteiger partial charge on any atom is 0.103 e. The first kappa shape index (κ1) is 15.2. The molecule has 2 rings (SSSR count). The average molecular weight is 337 g/mol. The van der Waals surface area contributed by atoms with Gasteiger partial charge in [0, 0.05) is 4.47 Å². The maximum absolute atomic E-state index is 4.34. The fourth-order valence-electron chi connectivity index (χ4n) is 2.53. The second-order valence-electron chi connectivity index (χ2n) is 5.16. The fraction of sp³-hybridized carbons (Fsp3) is 0.467. The molecule has 0 aliphatic carbocycles. The summed E-state index contributed by atoms with van der Waals surface area (Å²) < 4.78 is 2.97. The minimum absolute atomic E-state index is 0.207. The fourth-order valence-corrected chi connectivity index (χ4v) is 3.37. The minimum Gasteiger partial charge on any atom is -0.309 e. The van der Waals surface area contributed by atoms with E-state index in [9.17, 15) is 0 Å². The highest BCUT2D eigenvalue weighted by atomic mass is 79.9. The Labute approximate surface area is 128 Å². The van der Waals surface area contributed by atoms with Gasteiger partial charge in [0.2, 0.25) is 0 Å². The summed E-state index contributed by atoms with van der Waals surface area (Å²) in [5, 5.41) is 12.1. The third kappa shape index (κ3) is 2.79. The van der Waals surface area contributed by atoms with Gasteiger partial charge in [0.1, 0.15) is 5.69 Å². The molecule has 4 nitrogen and oxygen atoms in total. The second-order valence-corrected chi connectivity index (χ2v) is 6.02. The molecule has 0 radical (unpaired) electrons. The zero-order valence-corrected chi connectivity index (χ0v) is 14.2. The highest BCUT2D eigenvalue weighted by Crippen LogP contribution is 2.28. The molecule has 2 aromatic rings. The van der Waals surface area contributed by atoms with E-state index >= 15 is 0 Å². The molecule has 0 saturated heterocycles. The van der Waals surface area contributed by atoms with Crippen molar-refractivity contribution < 1.29 is 0 Å². The average Bonchev–Trinajstić information content (AvgIpc) is 2.71. The van der Waals surface area contributed by atoms with Gasteiger partial charge in [-0.15, -0.1) is 5.10 Å². The quantitative estimate of drug-likeness (QED) is 0.927. The molecular weight excluding hydrogens is 316 g/mol. The van der Waals surface area contributed by atoms with Crippen LogP contribution in [0.5, 0.6) is 0 Å². The molecule has 1 atom stereocenters. The van der Waals surface area contributed by atoms with Crippen LogP contribution in [0.1, 0.15) is 42.4 Å². The molecule has 0 spiro atoms. The van der Waals surface area contributed by atoms with Gasteiger partial charge in [-0.3, -0.25) is 0 Å². The molecule has 0 aliphatic heterocycles.